The van der Waals surface area contributed by atoms with E-state index in [4.69, 9.17) is 21.2 Å². The van der Waals surface area contributed by atoms with Crippen LogP contribution in [0, 0.1) is 5.41 Å². The third kappa shape index (κ3) is 2.75. The molecule has 1 aromatic heterocycles. The van der Waals surface area contributed by atoms with Gasteiger partial charge in [0, 0.05) is 17.0 Å². The molecule has 22 heavy (non-hydrogen) atoms. The lowest BCUT2D eigenvalue weighted by molar-refractivity contribution is -0.176. The number of nitrogens with two attached hydrogens (primary N) is 2. The largest absolute Gasteiger partial charge is 0.369 e. The number of hydrogen-bond acceptors (Lipinski definition) is 4. The Bertz CT molecular complexity index is 734. The van der Waals surface area contributed by atoms with Gasteiger partial charge in [-0.05, 0) is 24.1 Å². The quantitative estimate of drug-likeness (QED) is 0.645. The molecule has 2 aromatic rings. The van der Waals surface area contributed by atoms with Gasteiger partial charge in [-0.2, -0.15) is 4.89 Å². The lowest BCUT2D eigenvalue weighted by Gasteiger charge is -2.19. The molecule has 0 saturated heterocycles. The highest BCUT2D eigenvalue weighted by Gasteiger charge is 2.28. The van der Waals surface area contributed by atoms with Crippen LogP contribution in [0.2, 0.25) is 0 Å². The molecule has 7 heteroatoms. The summed E-state index contributed by atoms with van der Waals surface area (Å²) in [7, 11) is 1.39. The van der Waals surface area contributed by atoms with Crippen molar-refractivity contribution in [3.05, 3.63) is 30.0 Å². The molecule has 0 saturated carbocycles. The molecule has 0 aliphatic heterocycles. The topological polar surface area (TPSA) is 110 Å². The van der Waals surface area contributed by atoms with Crippen LogP contribution in [0.5, 0.6) is 5.75 Å². The molecule has 2 rings (SSSR count). The summed E-state index contributed by atoms with van der Waals surface area (Å²) in [6.45, 7) is 3.48. The number of carbonyl (C=O) groups is 2. The zero-order valence-electron chi connectivity index (χ0n) is 12.8. The van der Waals surface area contributed by atoms with E-state index in [9.17, 15) is 9.59 Å². The Morgan fingerprint density at radius 2 is 1.95 bits per heavy atom. The number of aromatic nitrogens is 1. The van der Waals surface area contributed by atoms with E-state index in [1.165, 1.54) is 11.7 Å². The van der Waals surface area contributed by atoms with Gasteiger partial charge >= 0.3 is 6.03 Å². The molecule has 1 aromatic carbocycles. The molecule has 1 heterocycles. The predicted molar refractivity (Wildman–Crippen MR) is 81.2 cm³/mol. The molecule has 0 fully saturated rings. The average molecular weight is 305 g/mol. The van der Waals surface area contributed by atoms with Crippen LogP contribution in [0.3, 0.4) is 0 Å². The van der Waals surface area contributed by atoms with Crippen molar-refractivity contribution in [2.24, 2.45) is 16.9 Å². The number of primary amides is 2. The highest BCUT2D eigenvalue weighted by molar-refractivity contribution is 5.97. The van der Waals surface area contributed by atoms with E-state index in [0.717, 1.165) is 5.56 Å². The summed E-state index contributed by atoms with van der Waals surface area (Å²) in [4.78, 5) is 33.1. The first kappa shape index (κ1) is 15.8. The fraction of sp³-hybridized carbons (Fsp3) is 0.333. The molecule has 0 bridgehead atoms. The summed E-state index contributed by atoms with van der Waals surface area (Å²) in [6, 6.07) is 4.54. The van der Waals surface area contributed by atoms with E-state index in [1.807, 2.05) is 0 Å². The summed E-state index contributed by atoms with van der Waals surface area (Å²) in [5, 5.41) is 0.664. The Morgan fingerprint density at radius 1 is 1.27 bits per heavy atom. The van der Waals surface area contributed by atoms with Gasteiger partial charge in [-0.15, -0.1) is 0 Å². The fourth-order valence-electron chi connectivity index (χ4n) is 2.37. The third-order valence-corrected chi connectivity index (χ3v) is 3.58. The zero-order chi connectivity index (χ0) is 16.5. The first-order chi connectivity index (χ1) is 10.3. The number of benzene rings is 1. The Morgan fingerprint density at radius 3 is 2.50 bits per heavy atom. The Balaban J connectivity index is 2.67. The van der Waals surface area contributed by atoms with Crippen molar-refractivity contribution >= 4 is 22.8 Å². The number of nitrogens with zero attached hydrogens (tertiary/aromatic N) is 1. The van der Waals surface area contributed by atoms with Crippen molar-refractivity contribution in [2.75, 3.05) is 7.11 Å². The van der Waals surface area contributed by atoms with Crippen molar-refractivity contribution in [3.63, 3.8) is 0 Å². The van der Waals surface area contributed by atoms with E-state index >= 15 is 0 Å². The Hall–Kier alpha value is -2.54. The van der Waals surface area contributed by atoms with Crippen molar-refractivity contribution in [2.45, 2.75) is 20.3 Å². The van der Waals surface area contributed by atoms with Gasteiger partial charge in [0.05, 0.1) is 12.6 Å². The maximum absolute atomic E-state index is 11.6. The second-order valence-electron chi connectivity index (χ2n) is 5.69. The van der Waals surface area contributed by atoms with Crippen LogP contribution in [-0.2, 0) is 16.1 Å². The molecule has 7 nitrogen and oxygen atoms in total. The first-order valence-electron chi connectivity index (χ1n) is 6.71. The first-order valence-corrected chi connectivity index (χ1v) is 6.71. The highest BCUT2D eigenvalue weighted by Crippen LogP contribution is 2.34. The van der Waals surface area contributed by atoms with Gasteiger partial charge in [-0.1, -0.05) is 19.9 Å². The minimum absolute atomic E-state index is 0.337. The van der Waals surface area contributed by atoms with Gasteiger partial charge in [0.15, 0.2) is 5.75 Å². The van der Waals surface area contributed by atoms with E-state index in [-0.39, 0.29) is 0 Å². The molecule has 118 valence electrons. The summed E-state index contributed by atoms with van der Waals surface area (Å²) < 4.78 is 1.31. The van der Waals surface area contributed by atoms with Gasteiger partial charge in [0.25, 0.3) is 0 Å². The lowest BCUT2D eigenvalue weighted by Crippen LogP contribution is -2.33. The van der Waals surface area contributed by atoms with E-state index in [1.54, 1.807) is 38.2 Å². The molecule has 0 radical (unpaired) electrons. The van der Waals surface area contributed by atoms with Gasteiger partial charge in [-0.25, -0.2) is 4.79 Å². The Kier molecular flexibility index (Phi) is 4.09. The number of carbonyl (C=O) groups excluding carboxylic acids is 2. The Labute approximate surface area is 127 Å². The molecular formula is C15H19N3O4. The molecule has 0 aliphatic carbocycles. The van der Waals surface area contributed by atoms with Crippen LogP contribution in [-0.4, -0.2) is 23.6 Å². The zero-order valence-corrected chi connectivity index (χ0v) is 12.8. The molecule has 0 atom stereocenters. The molecule has 4 N–H and O–H groups in total. The lowest BCUT2D eigenvalue weighted by atomic mass is 9.85. The predicted octanol–water partition coefficient (Wildman–Crippen LogP) is 1.56. The van der Waals surface area contributed by atoms with E-state index in [2.05, 4.69) is 0 Å². The van der Waals surface area contributed by atoms with Crippen LogP contribution in [0.15, 0.2) is 24.4 Å². The molecule has 0 aliphatic rings. The summed E-state index contributed by atoms with van der Waals surface area (Å²) >= 11 is 0. The maximum Gasteiger partial charge on any atom is 0.323 e. The summed E-state index contributed by atoms with van der Waals surface area (Å²) in [6.07, 6.45) is 1.93. The fourth-order valence-corrected chi connectivity index (χ4v) is 2.37. The van der Waals surface area contributed by atoms with Gasteiger partial charge in [0.2, 0.25) is 5.91 Å². The average Bonchev–Trinajstić information content (AvgIpc) is 2.78. The van der Waals surface area contributed by atoms with Gasteiger partial charge in [0.1, 0.15) is 0 Å². The van der Waals surface area contributed by atoms with Crippen LogP contribution < -0.4 is 16.4 Å². The third-order valence-electron chi connectivity index (χ3n) is 3.58. The minimum atomic E-state index is -0.781. The number of hydrogen-bond donors (Lipinski definition) is 2. The van der Waals surface area contributed by atoms with Gasteiger partial charge in [-0.3, -0.25) is 9.36 Å². The maximum atomic E-state index is 11.6. The smallest absolute Gasteiger partial charge is 0.323 e. The van der Waals surface area contributed by atoms with Crippen LogP contribution in [0.25, 0.3) is 10.9 Å². The van der Waals surface area contributed by atoms with Gasteiger partial charge < -0.3 is 16.4 Å². The van der Waals surface area contributed by atoms with Crippen molar-refractivity contribution in [3.8, 4) is 5.75 Å². The highest BCUT2D eigenvalue weighted by atomic mass is 17.2. The van der Waals surface area contributed by atoms with E-state index in [0.29, 0.717) is 23.1 Å². The van der Waals surface area contributed by atoms with Crippen molar-refractivity contribution < 1.29 is 19.4 Å². The second kappa shape index (κ2) is 5.69. The number of rotatable bonds is 5. The monoisotopic (exact) mass is 305 g/mol. The van der Waals surface area contributed by atoms with Crippen LogP contribution in [0.1, 0.15) is 19.4 Å². The summed E-state index contributed by atoms with van der Waals surface area (Å²) in [5.74, 6) is 0.00730. The number of amides is 2. The normalized spacial score (nSPS) is 11.6. The van der Waals surface area contributed by atoms with E-state index < -0.39 is 17.4 Å². The summed E-state index contributed by atoms with van der Waals surface area (Å²) in [5.41, 5.74) is 11.4. The standard InChI is InChI=1S/C15H19N3O4/c1-15(2,13(16)19)7-9-8-18(14(17)20)10-5-4-6-11(12(9)10)22-21-3/h4-6,8H,7H2,1-3H3,(H2,16,19)(H2,17,20). The van der Waals surface area contributed by atoms with Crippen molar-refractivity contribution in [1.82, 2.24) is 4.57 Å². The second-order valence-corrected chi connectivity index (χ2v) is 5.69. The molecule has 2 amide bonds. The van der Waals surface area contributed by atoms with Crippen LogP contribution in [0.4, 0.5) is 4.79 Å². The SMILES string of the molecule is COOc1cccc2c1c(CC(C)(C)C(N)=O)cn2C(N)=O. The molecular weight excluding hydrogens is 286 g/mol. The number of fused-ring (bicyclic) bond motifs is 1. The minimum Gasteiger partial charge on any atom is -0.369 e. The molecule has 0 unspecified atom stereocenters. The van der Waals surface area contributed by atoms with Crippen molar-refractivity contribution in [1.29, 1.82) is 0 Å². The molecule has 0 spiro atoms. The van der Waals surface area contributed by atoms with Crippen LogP contribution >= 0.6 is 0 Å².